The van der Waals surface area contributed by atoms with E-state index in [0.717, 1.165) is 6.42 Å². The first-order valence-corrected chi connectivity index (χ1v) is 5.09. The maximum Gasteiger partial charge on any atom is 0.126 e. The molecule has 0 heterocycles. The van der Waals surface area contributed by atoms with Gasteiger partial charge in [0.2, 0.25) is 0 Å². The molecule has 0 amide bonds. The predicted octanol–water partition coefficient (Wildman–Crippen LogP) is 2.79. The molecular weight excluding hydrogens is 148 g/mol. The zero-order chi connectivity index (χ0) is 8.82. The fourth-order valence-corrected chi connectivity index (χ4v) is 3.12. The van der Waals surface area contributed by atoms with Crippen LogP contribution in [0, 0.1) is 16.7 Å². The molecule has 0 bridgehead atoms. The highest BCUT2D eigenvalue weighted by molar-refractivity contribution is 5.67. The van der Waals surface area contributed by atoms with Crippen molar-refractivity contribution in [3.8, 4) is 0 Å². The van der Waals surface area contributed by atoms with Crippen LogP contribution in [0.1, 0.15) is 46.0 Å². The van der Waals surface area contributed by atoms with Gasteiger partial charge in [0.25, 0.3) is 0 Å². The first-order valence-electron chi connectivity index (χ1n) is 5.09. The highest BCUT2D eigenvalue weighted by atomic mass is 16.1. The average Bonchev–Trinajstić information content (AvgIpc) is 2.52. The SMILES string of the molecule is CC1(C)CC1(C=O)C1CCCC1. The van der Waals surface area contributed by atoms with Gasteiger partial charge in [-0.05, 0) is 30.6 Å². The highest BCUT2D eigenvalue weighted by Gasteiger charge is 2.64. The molecule has 1 atom stereocenters. The summed E-state index contributed by atoms with van der Waals surface area (Å²) in [6.45, 7) is 4.47. The van der Waals surface area contributed by atoms with Crippen molar-refractivity contribution >= 4 is 6.29 Å². The van der Waals surface area contributed by atoms with Crippen molar-refractivity contribution in [3.05, 3.63) is 0 Å². The molecule has 1 unspecified atom stereocenters. The van der Waals surface area contributed by atoms with Gasteiger partial charge in [0, 0.05) is 5.41 Å². The molecule has 68 valence electrons. The second-order valence-electron chi connectivity index (χ2n) is 5.20. The van der Waals surface area contributed by atoms with Gasteiger partial charge in [0.1, 0.15) is 6.29 Å². The van der Waals surface area contributed by atoms with Crippen LogP contribution in [0.2, 0.25) is 0 Å². The molecule has 0 aliphatic heterocycles. The second kappa shape index (κ2) is 2.34. The smallest absolute Gasteiger partial charge is 0.126 e. The molecule has 2 aliphatic carbocycles. The fourth-order valence-electron chi connectivity index (χ4n) is 3.12. The third-order valence-electron chi connectivity index (χ3n) is 4.16. The molecular formula is C11H18O. The lowest BCUT2D eigenvalue weighted by atomic mass is 9.83. The van der Waals surface area contributed by atoms with Crippen LogP contribution in [-0.4, -0.2) is 6.29 Å². The van der Waals surface area contributed by atoms with Crippen LogP contribution < -0.4 is 0 Å². The van der Waals surface area contributed by atoms with E-state index in [1.54, 1.807) is 0 Å². The summed E-state index contributed by atoms with van der Waals surface area (Å²) < 4.78 is 0. The van der Waals surface area contributed by atoms with Crippen LogP contribution in [0.5, 0.6) is 0 Å². The Morgan fingerprint density at radius 3 is 2.08 bits per heavy atom. The first-order chi connectivity index (χ1) is 5.62. The van der Waals surface area contributed by atoms with Gasteiger partial charge >= 0.3 is 0 Å². The molecule has 0 aromatic carbocycles. The Kier molecular flexibility index (Phi) is 1.61. The Morgan fingerprint density at radius 2 is 1.75 bits per heavy atom. The standard InChI is InChI=1S/C11H18O/c1-10(2)7-11(10,8-12)9-5-3-4-6-9/h8-9H,3-7H2,1-2H3. The minimum atomic E-state index is 0.0868. The molecule has 0 spiro atoms. The second-order valence-corrected chi connectivity index (χ2v) is 5.20. The molecule has 2 fully saturated rings. The Hall–Kier alpha value is -0.330. The van der Waals surface area contributed by atoms with E-state index in [0.29, 0.717) is 11.3 Å². The summed E-state index contributed by atoms with van der Waals surface area (Å²) >= 11 is 0. The van der Waals surface area contributed by atoms with Crippen LogP contribution in [-0.2, 0) is 4.79 Å². The van der Waals surface area contributed by atoms with Crippen molar-refractivity contribution in [1.29, 1.82) is 0 Å². The average molecular weight is 166 g/mol. The van der Waals surface area contributed by atoms with E-state index in [9.17, 15) is 4.79 Å². The number of aldehydes is 1. The molecule has 2 saturated carbocycles. The summed E-state index contributed by atoms with van der Waals surface area (Å²) in [5, 5.41) is 0. The summed E-state index contributed by atoms with van der Waals surface area (Å²) in [5.74, 6) is 0.713. The van der Waals surface area contributed by atoms with Crippen molar-refractivity contribution in [3.63, 3.8) is 0 Å². The minimum absolute atomic E-state index is 0.0868. The van der Waals surface area contributed by atoms with Crippen molar-refractivity contribution in [2.24, 2.45) is 16.7 Å². The maximum absolute atomic E-state index is 11.1. The highest BCUT2D eigenvalue weighted by Crippen LogP contribution is 2.68. The zero-order valence-electron chi connectivity index (χ0n) is 8.10. The van der Waals surface area contributed by atoms with Crippen molar-refractivity contribution < 1.29 is 4.79 Å². The van der Waals surface area contributed by atoms with E-state index >= 15 is 0 Å². The predicted molar refractivity (Wildman–Crippen MR) is 48.9 cm³/mol. The van der Waals surface area contributed by atoms with Crippen LogP contribution in [0.3, 0.4) is 0 Å². The van der Waals surface area contributed by atoms with Gasteiger partial charge in [-0.2, -0.15) is 0 Å². The lowest BCUT2D eigenvalue weighted by molar-refractivity contribution is -0.115. The molecule has 2 rings (SSSR count). The van der Waals surface area contributed by atoms with Gasteiger partial charge in [-0.1, -0.05) is 26.7 Å². The van der Waals surface area contributed by atoms with E-state index in [4.69, 9.17) is 0 Å². The first kappa shape index (κ1) is 8.28. The molecule has 2 aliphatic rings. The van der Waals surface area contributed by atoms with Crippen LogP contribution >= 0.6 is 0 Å². The van der Waals surface area contributed by atoms with E-state index in [2.05, 4.69) is 13.8 Å². The Bertz CT molecular complexity index is 201. The lowest BCUT2D eigenvalue weighted by Crippen LogP contribution is -2.20. The van der Waals surface area contributed by atoms with Gasteiger partial charge in [-0.25, -0.2) is 0 Å². The number of carbonyl (C=O) groups is 1. The largest absolute Gasteiger partial charge is 0.303 e. The molecule has 1 nitrogen and oxygen atoms in total. The van der Waals surface area contributed by atoms with Gasteiger partial charge in [-0.3, -0.25) is 0 Å². The summed E-state index contributed by atoms with van der Waals surface area (Å²) in [6.07, 6.45) is 7.66. The molecule has 0 N–H and O–H groups in total. The van der Waals surface area contributed by atoms with Crippen molar-refractivity contribution in [1.82, 2.24) is 0 Å². The molecule has 1 heteroatoms. The number of carbonyl (C=O) groups excluding carboxylic acids is 1. The molecule has 0 aromatic heterocycles. The maximum atomic E-state index is 11.1. The van der Waals surface area contributed by atoms with E-state index in [1.165, 1.54) is 32.0 Å². The zero-order valence-corrected chi connectivity index (χ0v) is 8.10. The fraction of sp³-hybridized carbons (Fsp3) is 0.909. The van der Waals surface area contributed by atoms with Gasteiger partial charge < -0.3 is 4.79 Å². The Labute approximate surface area is 74.5 Å². The van der Waals surface area contributed by atoms with Crippen LogP contribution in [0.25, 0.3) is 0 Å². The minimum Gasteiger partial charge on any atom is -0.303 e. The third-order valence-corrected chi connectivity index (χ3v) is 4.16. The van der Waals surface area contributed by atoms with Crippen molar-refractivity contribution in [2.75, 3.05) is 0 Å². The molecule has 0 radical (unpaired) electrons. The topological polar surface area (TPSA) is 17.1 Å². The summed E-state index contributed by atoms with van der Waals surface area (Å²) in [4.78, 5) is 11.1. The molecule has 0 aromatic rings. The van der Waals surface area contributed by atoms with Gasteiger partial charge in [0.15, 0.2) is 0 Å². The van der Waals surface area contributed by atoms with E-state index in [-0.39, 0.29) is 5.41 Å². The summed E-state index contributed by atoms with van der Waals surface area (Å²) in [7, 11) is 0. The number of hydrogen-bond acceptors (Lipinski definition) is 1. The van der Waals surface area contributed by atoms with Crippen LogP contribution in [0.4, 0.5) is 0 Å². The lowest BCUT2D eigenvalue weighted by Gasteiger charge is -2.20. The number of rotatable bonds is 2. The monoisotopic (exact) mass is 166 g/mol. The summed E-state index contributed by atoms with van der Waals surface area (Å²) in [5.41, 5.74) is 0.396. The molecule has 0 saturated heterocycles. The normalized spacial score (nSPS) is 39.8. The number of hydrogen-bond donors (Lipinski definition) is 0. The van der Waals surface area contributed by atoms with Crippen molar-refractivity contribution in [2.45, 2.75) is 46.0 Å². The third kappa shape index (κ3) is 0.884. The van der Waals surface area contributed by atoms with Crippen LogP contribution in [0.15, 0.2) is 0 Å². The van der Waals surface area contributed by atoms with Gasteiger partial charge in [-0.15, -0.1) is 0 Å². The van der Waals surface area contributed by atoms with Gasteiger partial charge in [0.05, 0.1) is 0 Å². The van der Waals surface area contributed by atoms with E-state index in [1.807, 2.05) is 0 Å². The summed E-state index contributed by atoms with van der Waals surface area (Å²) in [6, 6.07) is 0. The Morgan fingerprint density at radius 1 is 1.25 bits per heavy atom. The molecule has 12 heavy (non-hydrogen) atoms. The quantitative estimate of drug-likeness (QED) is 0.576. The van der Waals surface area contributed by atoms with E-state index < -0.39 is 0 Å². The Balaban J connectivity index is 2.15.